The zero-order chi connectivity index (χ0) is 21.9. The molecule has 1 fully saturated rings. The standard InChI is InChI=1S/C24H24N2O4S2/c27-22(14-18-7-3-11-31-18)26(17-9-10-19-20(13-17)30-15-29-19)23(21-8-4-12-32-21)24(28)25-16-5-1-2-6-16/h3-4,7-13,16,23H,1-2,5-6,14-15H2,(H,25,28). The highest BCUT2D eigenvalue weighted by atomic mass is 32.1. The van der Waals surface area contributed by atoms with Crippen LogP contribution in [0.15, 0.2) is 53.2 Å². The van der Waals surface area contributed by atoms with Crippen molar-refractivity contribution in [1.82, 2.24) is 5.32 Å². The summed E-state index contributed by atoms with van der Waals surface area (Å²) in [4.78, 5) is 30.7. The van der Waals surface area contributed by atoms with E-state index in [1.54, 1.807) is 17.0 Å². The van der Waals surface area contributed by atoms with Crippen molar-refractivity contribution in [1.29, 1.82) is 0 Å². The van der Waals surface area contributed by atoms with Crippen molar-refractivity contribution in [3.8, 4) is 11.5 Å². The van der Waals surface area contributed by atoms with Gasteiger partial charge in [0.2, 0.25) is 18.6 Å². The lowest BCUT2D eigenvalue weighted by Crippen LogP contribution is -2.46. The molecule has 2 aliphatic rings. The molecule has 0 bridgehead atoms. The van der Waals surface area contributed by atoms with Gasteiger partial charge in [0.15, 0.2) is 11.5 Å². The summed E-state index contributed by atoms with van der Waals surface area (Å²) in [6.07, 6.45) is 4.44. The summed E-state index contributed by atoms with van der Waals surface area (Å²) < 4.78 is 11.0. The van der Waals surface area contributed by atoms with Crippen molar-refractivity contribution < 1.29 is 19.1 Å². The fourth-order valence-electron chi connectivity index (χ4n) is 4.29. The van der Waals surface area contributed by atoms with Crippen LogP contribution in [0.1, 0.15) is 41.5 Å². The third-order valence-corrected chi connectivity index (χ3v) is 7.63. The fourth-order valence-corrected chi connectivity index (χ4v) is 5.80. The lowest BCUT2D eigenvalue weighted by Gasteiger charge is -2.31. The van der Waals surface area contributed by atoms with Crippen LogP contribution in [0.25, 0.3) is 0 Å². The Hall–Kier alpha value is -2.84. The first-order valence-corrected chi connectivity index (χ1v) is 12.5. The number of hydrogen-bond donors (Lipinski definition) is 1. The van der Waals surface area contributed by atoms with Crippen molar-refractivity contribution in [3.63, 3.8) is 0 Å². The lowest BCUT2D eigenvalue weighted by molar-refractivity contribution is -0.126. The molecular formula is C24H24N2O4S2. The van der Waals surface area contributed by atoms with Gasteiger partial charge >= 0.3 is 0 Å². The molecular weight excluding hydrogens is 444 g/mol. The highest BCUT2D eigenvalue weighted by Crippen LogP contribution is 2.39. The number of benzene rings is 1. The van der Waals surface area contributed by atoms with Crippen LogP contribution in [0.4, 0.5) is 5.69 Å². The molecule has 1 unspecified atom stereocenters. The molecule has 1 atom stereocenters. The highest BCUT2D eigenvalue weighted by Gasteiger charge is 2.35. The number of carbonyl (C=O) groups is 2. The lowest BCUT2D eigenvalue weighted by atomic mass is 10.1. The normalized spacial score (nSPS) is 16.1. The predicted octanol–water partition coefficient (Wildman–Crippen LogP) is 4.91. The number of thiophene rings is 2. The Balaban J connectivity index is 1.53. The number of nitrogens with one attached hydrogen (secondary N) is 1. The summed E-state index contributed by atoms with van der Waals surface area (Å²) in [5.41, 5.74) is 0.621. The molecule has 1 saturated carbocycles. The number of amides is 2. The summed E-state index contributed by atoms with van der Waals surface area (Å²) in [7, 11) is 0. The Kier molecular flexibility index (Phi) is 6.14. The minimum atomic E-state index is -0.747. The molecule has 0 radical (unpaired) electrons. The maximum atomic E-state index is 13.7. The molecule has 0 saturated heterocycles. The zero-order valence-corrected chi connectivity index (χ0v) is 19.1. The summed E-state index contributed by atoms with van der Waals surface area (Å²) in [5, 5.41) is 7.10. The minimum Gasteiger partial charge on any atom is -0.454 e. The van der Waals surface area contributed by atoms with Gasteiger partial charge in [-0.25, -0.2) is 0 Å². The Morgan fingerprint density at radius 2 is 1.81 bits per heavy atom. The Bertz CT molecular complexity index is 1080. The van der Waals surface area contributed by atoms with Gasteiger partial charge in [0, 0.05) is 27.5 Å². The molecule has 1 aliphatic heterocycles. The van der Waals surface area contributed by atoms with E-state index in [9.17, 15) is 9.59 Å². The average Bonchev–Trinajstić information content (AvgIpc) is 3.59. The molecule has 32 heavy (non-hydrogen) atoms. The first-order valence-electron chi connectivity index (χ1n) is 10.8. The summed E-state index contributed by atoms with van der Waals surface area (Å²) in [5.74, 6) is 0.947. The quantitative estimate of drug-likeness (QED) is 0.535. The molecule has 166 valence electrons. The van der Waals surface area contributed by atoms with Crippen LogP contribution in [-0.2, 0) is 16.0 Å². The van der Waals surface area contributed by atoms with Gasteiger partial charge in [-0.15, -0.1) is 22.7 Å². The van der Waals surface area contributed by atoms with E-state index < -0.39 is 6.04 Å². The number of hydrogen-bond acceptors (Lipinski definition) is 6. The number of carbonyl (C=O) groups excluding carboxylic acids is 2. The van der Waals surface area contributed by atoms with E-state index in [2.05, 4.69) is 5.32 Å². The van der Waals surface area contributed by atoms with Crippen molar-refractivity contribution in [2.75, 3.05) is 11.7 Å². The number of rotatable bonds is 7. The fraction of sp³-hybridized carbons (Fsp3) is 0.333. The summed E-state index contributed by atoms with van der Waals surface area (Å²) in [6.45, 7) is 0.151. The monoisotopic (exact) mass is 468 g/mol. The summed E-state index contributed by atoms with van der Waals surface area (Å²) >= 11 is 3.02. The molecule has 8 heteroatoms. The van der Waals surface area contributed by atoms with Gasteiger partial charge in [0.1, 0.15) is 6.04 Å². The molecule has 2 amide bonds. The summed E-state index contributed by atoms with van der Waals surface area (Å²) in [6, 6.07) is 12.5. The maximum absolute atomic E-state index is 13.7. The smallest absolute Gasteiger partial charge is 0.248 e. The average molecular weight is 469 g/mol. The van der Waals surface area contributed by atoms with Gasteiger partial charge in [0.05, 0.1) is 6.42 Å². The van der Waals surface area contributed by atoms with Crippen LogP contribution in [0, 0.1) is 0 Å². The second-order valence-electron chi connectivity index (χ2n) is 7.97. The molecule has 1 aromatic carbocycles. The number of anilines is 1. The maximum Gasteiger partial charge on any atom is 0.248 e. The number of nitrogens with zero attached hydrogens (tertiary/aromatic N) is 1. The van der Waals surface area contributed by atoms with Crippen molar-refractivity contribution in [2.45, 2.75) is 44.2 Å². The van der Waals surface area contributed by atoms with Gasteiger partial charge in [-0.05, 0) is 47.9 Å². The van der Waals surface area contributed by atoms with Crippen molar-refractivity contribution in [3.05, 3.63) is 63.0 Å². The Morgan fingerprint density at radius 3 is 2.56 bits per heavy atom. The highest BCUT2D eigenvalue weighted by molar-refractivity contribution is 7.10. The van der Waals surface area contributed by atoms with Gasteiger partial charge in [-0.1, -0.05) is 25.0 Å². The van der Waals surface area contributed by atoms with Crippen LogP contribution in [0.2, 0.25) is 0 Å². The van der Waals surface area contributed by atoms with Crippen LogP contribution >= 0.6 is 22.7 Å². The van der Waals surface area contributed by atoms with Gasteiger partial charge in [-0.2, -0.15) is 0 Å². The van der Waals surface area contributed by atoms with Crippen molar-refractivity contribution >= 4 is 40.2 Å². The van der Waals surface area contributed by atoms with E-state index in [-0.39, 0.29) is 31.1 Å². The predicted molar refractivity (Wildman–Crippen MR) is 126 cm³/mol. The SMILES string of the molecule is O=C(NC1CCCC1)C(c1cccs1)N(C(=O)Cc1cccs1)c1ccc2c(c1)OCO2. The zero-order valence-electron chi connectivity index (χ0n) is 17.5. The first-order chi connectivity index (χ1) is 15.7. The van der Waals surface area contributed by atoms with Crippen molar-refractivity contribution in [2.24, 2.45) is 0 Å². The van der Waals surface area contributed by atoms with E-state index in [4.69, 9.17) is 9.47 Å². The second-order valence-corrected chi connectivity index (χ2v) is 9.98. The molecule has 5 rings (SSSR count). The molecule has 6 nitrogen and oxygen atoms in total. The largest absolute Gasteiger partial charge is 0.454 e. The van der Waals surface area contributed by atoms with E-state index in [0.717, 1.165) is 35.4 Å². The molecule has 2 aromatic heterocycles. The first kappa shape index (κ1) is 21.0. The van der Waals surface area contributed by atoms with Gasteiger partial charge in [0.25, 0.3) is 0 Å². The van der Waals surface area contributed by atoms with E-state index in [1.165, 1.54) is 22.7 Å². The third-order valence-electron chi connectivity index (χ3n) is 5.83. The topological polar surface area (TPSA) is 67.9 Å². The minimum absolute atomic E-state index is 0.133. The molecule has 3 heterocycles. The third kappa shape index (κ3) is 4.38. The van der Waals surface area contributed by atoms with Crippen LogP contribution in [-0.4, -0.2) is 24.6 Å². The van der Waals surface area contributed by atoms with E-state index >= 15 is 0 Å². The van der Waals surface area contributed by atoms with E-state index in [0.29, 0.717) is 17.2 Å². The van der Waals surface area contributed by atoms with Gasteiger partial charge in [-0.3, -0.25) is 14.5 Å². The molecule has 1 N–H and O–H groups in total. The van der Waals surface area contributed by atoms with Crippen LogP contribution < -0.4 is 19.7 Å². The Morgan fingerprint density at radius 1 is 1.03 bits per heavy atom. The van der Waals surface area contributed by atoms with Gasteiger partial charge < -0.3 is 14.8 Å². The second kappa shape index (κ2) is 9.34. The van der Waals surface area contributed by atoms with E-state index in [1.807, 2.05) is 41.1 Å². The van der Waals surface area contributed by atoms with Crippen LogP contribution in [0.5, 0.6) is 11.5 Å². The van der Waals surface area contributed by atoms with Crippen LogP contribution in [0.3, 0.4) is 0 Å². The molecule has 0 spiro atoms. The number of fused-ring (bicyclic) bond motifs is 1. The molecule has 1 aliphatic carbocycles. The Labute approximate surface area is 194 Å². The molecule has 3 aromatic rings. The number of ether oxygens (including phenoxy) is 2.